The Labute approximate surface area is 196 Å². The van der Waals surface area contributed by atoms with E-state index >= 15 is 0 Å². The molecular weight excluding hydrogens is 448 g/mol. The van der Waals surface area contributed by atoms with Gasteiger partial charge < -0.3 is 19.1 Å². The van der Waals surface area contributed by atoms with Gasteiger partial charge in [0.25, 0.3) is 5.91 Å². The molecule has 2 heterocycles. The van der Waals surface area contributed by atoms with Gasteiger partial charge in [0.2, 0.25) is 0 Å². The molecule has 2 aromatic carbocycles. The summed E-state index contributed by atoms with van der Waals surface area (Å²) < 4.78 is 16.5. The second-order valence-corrected chi connectivity index (χ2v) is 8.48. The minimum Gasteiger partial charge on any atom is -0.496 e. The van der Waals surface area contributed by atoms with Gasteiger partial charge in [0.15, 0.2) is 0 Å². The van der Waals surface area contributed by atoms with Crippen LogP contribution in [-0.2, 0) is 0 Å². The van der Waals surface area contributed by atoms with E-state index in [2.05, 4.69) is 4.98 Å². The fraction of sp³-hybridized carbons (Fsp3) is 0.250. The van der Waals surface area contributed by atoms with Gasteiger partial charge in [-0.2, -0.15) is 0 Å². The summed E-state index contributed by atoms with van der Waals surface area (Å²) in [7, 11) is 4.85. The molecule has 4 rings (SSSR count). The molecule has 0 fully saturated rings. The summed E-state index contributed by atoms with van der Waals surface area (Å²) in [6.45, 7) is 1.07. The number of thiazole rings is 1. The van der Waals surface area contributed by atoms with Gasteiger partial charge in [0, 0.05) is 41.2 Å². The Hall–Kier alpha value is -3.03. The number of methoxy groups -OCH3 is 3. The van der Waals surface area contributed by atoms with Crippen molar-refractivity contribution in [1.82, 2.24) is 9.88 Å². The number of hydrogen-bond acceptors (Lipinski definition) is 6. The summed E-state index contributed by atoms with van der Waals surface area (Å²) in [5.74, 6) is 1.94. The van der Waals surface area contributed by atoms with Crippen LogP contribution in [0.15, 0.2) is 47.9 Å². The molecule has 0 unspecified atom stereocenters. The van der Waals surface area contributed by atoms with E-state index in [1.54, 1.807) is 31.6 Å². The number of hydrogen-bond donors (Lipinski definition) is 0. The SMILES string of the molecule is COc1cc(OC)c(C2=CCN(C(=O)c3csc(-c4ccc(Cl)cc4)n3)CC2)c(OC)c1. The van der Waals surface area contributed by atoms with Gasteiger partial charge in [-0.3, -0.25) is 4.79 Å². The van der Waals surface area contributed by atoms with Crippen molar-refractivity contribution >= 4 is 34.4 Å². The second-order valence-electron chi connectivity index (χ2n) is 7.18. The maximum absolute atomic E-state index is 13.0. The van der Waals surface area contributed by atoms with E-state index in [0.29, 0.717) is 47.5 Å². The number of nitrogens with zero attached hydrogens (tertiary/aromatic N) is 2. The molecule has 0 bridgehead atoms. The zero-order chi connectivity index (χ0) is 22.7. The van der Waals surface area contributed by atoms with Gasteiger partial charge in [-0.25, -0.2) is 4.98 Å². The third kappa shape index (κ3) is 4.45. The molecule has 32 heavy (non-hydrogen) atoms. The predicted molar refractivity (Wildman–Crippen MR) is 127 cm³/mol. The van der Waals surface area contributed by atoms with Crippen LogP contribution in [0.25, 0.3) is 16.1 Å². The number of aromatic nitrogens is 1. The molecule has 0 spiro atoms. The van der Waals surface area contributed by atoms with Crippen LogP contribution in [0.1, 0.15) is 22.5 Å². The molecule has 0 N–H and O–H groups in total. The third-order valence-corrected chi connectivity index (χ3v) is 6.49. The smallest absolute Gasteiger partial charge is 0.273 e. The lowest BCUT2D eigenvalue weighted by molar-refractivity contribution is 0.0768. The Morgan fingerprint density at radius 3 is 2.31 bits per heavy atom. The first-order valence-electron chi connectivity index (χ1n) is 10.0. The molecule has 0 radical (unpaired) electrons. The topological polar surface area (TPSA) is 60.9 Å². The lowest BCUT2D eigenvalue weighted by atomic mass is 9.97. The van der Waals surface area contributed by atoms with Crippen molar-refractivity contribution in [3.05, 3.63) is 64.1 Å². The first kappa shape index (κ1) is 22.2. The van der Waals surface area contributed by atoms with E-state index in [1.165, 1.54) is 11.3 Å². The van der Waals surface area contributed by atoms with Crippen LogP contribution in [0, 0.1) is 0 Å². The number of rotatable bonds is 6. The maximum Gasteiger partial charge on any atom is 0.273 e. The summed E-state index contributed by atoms with van der Waals surface area (Å²) in [6, 6.07) is 11.1. The van der Waals surface area contributed by atoms with E-state index in [9.17, 15) is 4.79 Å². The van der Waals surface area contributed by atoms with E-state index in [1.807, 2.05) is 42.5 Å². The molecule has 0 atom stereocenters. The van der Waals surface area contributed by atoms with E-state index in [4.69, 9.17) is 25.8 Å². The first-order chi connectivity index (χ1) is 15.5. The average Bonchev–Trinajstić information content (AvgIpc) is 3.33. The van der Waals surface area contributed by atoms with Gasteiger partial charge in [-0.1, -0.05) is 29.8 Å². The van der Waals surface area contributed by atoms with Crippen LogP contribution in [0.5, 0.6) is 17.2 Å². The summed E-state index contributed by atoms with van der Waals surface area (Å²) in [5.41, 5.74) is 3.36. The Morgan fingerprint density at radius 2 is 1.75 bits per heavy atom. The molecule has 6 nitrogen and oxygen atoms in total. The highest BCUT2D eigenvalue weighted by Gasteiger charge is 2.25. The quantitative estimate of drug-likeness (QED) is 0.481. The summed E-state index contributed by atoms with van der Waals surface area (Å²) in [5, 5.41) is 3.27. The van der Waals surface area contributed by atoms with Crippen LogP contribution >= 0.6 is 22.9 Å². The fourth-order valence-electron chi connectivity index (χ4n) is 3.66. The maximum atomic E-state index is 13.0. The number of carbonyl (C=O) groups is 1. The zero-order valence-electron chi connectivity index (χ0n) is 18.1. The minimum absolute atomic E-state index is 0.0783. The Kier molecular flexibility index (Phi) is 6.67. The largest absolute Gasteiger partial charge is 0.496 e. The Morgan fingerprint density at radius 1 is 1.06 bits per heavy atom. The summed E-state index contributed by atoms with van der Waals surface area (Å²) in [6.07, 6.45) is 2.72. The molecule has 8 heteroatoms. The predicted octanol–water partition coefficient (Wildman–Crippen LogP) is 5.42. The highest BCUT2D eigenvalue weighted by atomic mass is 35.5. The minimum atomic E-state index is -0.0783. The first-order valence-corrected chi connectivity index (χ1v) is 11.3. The molecule has 1 amide bonds. The van der Waals surface area contributed by atoms with E-state index < -0.39 is 0 Å². The van der Waals surface area contributed by atoms with Crippen molar-refractivity contribution in [1.29, 1.82) is 0 Å². The number of amides is 1. The molecule has 0 saturated carbocycles. The lowest BCUT2D eigenvalue weighted by Gasteiger charge is -2.27. The van der Waals surface area contributed by atoms with Crippen LogP contribution in [0.3, 0.4) is 0 Å². The fourth-order valence-corrected chi connectivity index (χ4v) is 4.59. The van der Waals surface area contributed by atoms with E-state index in [-0.39, 0.29) is 5.91 Å². The molecule has 0 saturated heterocycles. The van der Waals surface area contributed by atoms with Crippen LogP contribution in [0.4, 0.5) is 0 Å². The third-order valence-electron chi connectivity index (χ3n) is 5.35. The monoisotopic (exact) mass is 470 g/mol. The molecule has 1 aliphatic rings. The summed E-state index contributed by atoms with van der Waals surface area (Å²) >= 11 is 7.41. The van der Waals surface area contributed by atoms with Crippen molar-refractivity contribution in [3.63, 3.8) is 0 Å². The number of carbonyl (C=O) groups excluding carboxylic acids is 1. The standard InChI is InChI=1S/C24H23ClN2O4S/c1-29-18-12-20(30-2)22(21(13-18)31-3)15-8-10-27(11-9-15)24(28)19-14-32-23(26-19)16-4-6-17(25)7-5-16/h4-8,12-14H,9-11H2,1-3H3. The van der Waals surface area contributed by atoms with Gasteiger partial charge in [0.05, 0.1) is 26.9 Å². The van der Waals surface area contributed by atoms with Gasteiger partial charge in [0.1, 0.15) is 28.0 Å². The van der Waals surface area contributed by atoms with E-state index in [0.717, 1.165) is 21.7 Å². The van der Waals surface area contributed by atoms with Gasteiger partial charge in [-0.15, -0.1) is 11.3 Å². The van der Waals surface area contributed by atoms with Crippen LogP contribution < -0.4 is 14.2 Å². The molecule has 1 aromatic heterocycles. The second kappa shape index (κ2) is 9.63. The highest BCUT2D eigenvalue weighted by molar-refractivity contribution is 7.13. The van der Waals surface area contributed by atoms with Crippen LogP contribution in [-0.4, -0.2) is 50.2 Å². The lowest BCUT2D eigenvalue weighted by Crippen LogP contribution is -2.34. The Balaban J connectivity index is 1.53. The molecule has 0 aliphatic carbocycles. The van der Waals surface area contributed by atoms with Crippen molar-refractivity contribution in [2.75, 3.05) is 34.4 Å². The van der Waals surface area contributed by atoms with Gasteiger partial charge >= 0.3 is 0 Å². The molecule has 1 aliphatic heterocycles. The average molecular weight is 471 g/mol. The summed E-state index contributed by atoms with van der Waals surface area (Å²) in [4.78, 5) is 19.4. The number of ether oxygens (including phenoxy) is 3. The highest BCUT2D eigenvalue weighted by Crippen LogP contribution is 2.41. The van der Waals surface area contributed by atoms with Crippen LogP contribution in [0.2, 0.25) is 5.02 Å². The normalized spacial score (nSPS) is 13.5. The number of halogens is 1. The molecule has 166 valence electrons. The Bertz CT molecular complexity index is 1130. The van der Waals surface area contributed by atoms with Crippen molar-refractivity contribution < 1.29 is 19.0 Å². The molecular formula is C24H23ClN2O4S. The van der Waals surface area contributed by atoms with Crippen molar-refractivity contribution in [3.8, 4) is 27.8 Å². The van der Waals surface area contributed by atoms with Crippen molar-refractivity contribution in [2.24, 2.45) is 0 Å². The molecule has 3 aromatic rings. The van der Waals surface area contributed by atoms with Crippen molar-refractivity contribution in [2.45, 2.75) is 6.42 Å². The number of benzene rings is 2. The van der Waals surface area contributed by atoms with Gasteiger partial charge in [-0.05, 0) is 24.1 Å². The zero-order valence-corrected chi connectivity index (χ0v) is 19.6.